The number of benzene rings is 2. The number of aromatic nitrogens is 2. The van der Waals surface area contributed by atoms with Crippen molar-refractivity contribution in [2.45, 2.75) is 31.1 Å². The van der Waals surface area contributed by atoms with Gasteiger partial charge in [-0.3, -0.25) is 9.97 Å². The highest BCUT2D eigenvalue weighted by Gasteiger charge is 2.36. The van der Waals surface area contributed by atoms with Gasteiger partial charge >= 0.3 is 0 Å². The van der Waals surface area contributed by atoms with Crippen LogP contribution in [0.15, 0.2) is 60.7 Å². The predicted octanol–water partition coefficient (Wildman–Crippen LogP) is 5.15. The Morgan fingerprint density at radius 3 is 1.64 bits per heavy atom. The second-order valence-corrected chi connectivity index (χ2v) is 7.49. The quantitative estimate of drug-likeness (QED) is 0.447. The number of hydrogen-bond acceptors (Lipinski definition) is 2. The van der Waals surface area contributed by atoms with Gasteiger partial charge in [0.15, 0.2) is 0 Å². The summed E-state index contributed by atoms with van der Waals surface area (Å²) in [5, 5.41) is 2.51. The third-order valence-corrected chi connectivity index (χ3v) is 5.95. The van der Waals surface area contributed by atoms with Gasteiger partial charge in [-0.15, -0.1) is 0 Å². The Morgan fingerprint density at radius 2 is 1.12 bits per heavy atom. The molecule has 2 heteroatoms. The van der Waals surface area contributed by atoms with Crippen LogP contribution in [0.25, 0.3) is 21.8 Å². The minimum atomic E-state index is 0.536. The van der Waals surface area contributed by atoms with Gasteiger partial charge in [0, 0.05) is 34.0 Å². The minimum absolute atomic E-state index is 0.536. The first-order chi connectivity index (χ1) is 12.3. The highest BCUT2D eigenvalue weighted by atomic mass is 14.8. The molecular weight excluding hydrogens is 304 g/mol. The first-order valence-corrected chi connectivity index (χ1v) is 9.12. The molecule has 0 saturated heterocycles. The molecule has 0 N–H and O–H groups in total. The summed E-state index contributed by atoms with van der Waals surface area (Å²) < 4.78 is 0. The van der Waals surface area contributed by atoms with Crippen LogP contribution in [0.5, 0.6) is 0 Å². The fourth-order valence-electron chi connectivity index (χ4n) is 4.84. The normalized spacial score (nSPS) is 21.1. The van der Waals surface area contributed by atoms with Crippen LogP contribution in [0.4, 0.5) is 0 Å². The maximum absolute atomic E-state index is 5.05. The van der Waals surface area contributed by atoms with E-state index in [1.807, 2.05) is 0 Å². The number of hydrogen-bond donors (Lipinski definition) is 0. The largest absolute Gasteiger partial charge is 0.252 e. The molecule has 2 aromatic heterocycles. The van der Waals surface area contributed by atoms with Crippen molar-refractivity contribution in [3.8, 4) is 0 Å². The monoisotopic (exact) mass is 322 g/mol. The first-order valence-electron chi connectivity index (χ1n) is 9.12. The lowest BCUT2D eigenvalue weighted by Gasteiger charge is -2.36. The second kappa shape index (κ2) is 4.89. The van der Waals surface area contributed by atoms with Crippen molar-refractivity contribution in [3.05, 3.63) is 83.2 Å². The van der Waals surface area contributed by atoms with Gasteiger partial charge in [0.1, 0.15) is 0 Å². The molecule has 2 heterocycles. The zero-order valence-corrected chi connectivity index (χ0v) is 13.9. The highest BCUT2D eigenvalue weighted by Crippen LogP contribution is 2.46. The SMILES string of the molecule is c1ccc2nc3c(cc2c1)C[C@H]1C[C@@H]3Cc2cc3ccccc3nc21. The smallest absolute Gasteiger partial charge is 0.0705 e. The summed E-state index contributed by atoms with van der Waals surface area (Å²) in [5.74, 6) is 1.07. The highest BCUT2D eigenvalue weighted by molar-refractivity contribution is 5.81. The van der Waals surface area contributed by atoms with Crippen LogP contribution in [0.1, 0.15) is 40.8 Å². The molecule has 2 aliphatic carbocycles. The number of nitrogens with zero attached hydrogens (tertiary/aromatic N) is 2. The molecule has 2 aliphatic rings. The third kappa shape index (κ3) is 1.97. The third-order valence-electron chi connectivity index (χ3n) is 5.95. The molecule has 2 bridgehead atoms. The van der Waals surface area contributed by atoms with Crippen LogP contribution in [0.3, 0.4) is 0 Å². The lowest BCUT2D eigenvalue weighted by molar-refractivity contribution is 0.441. The van der Waals surface area contributed by atoms with E-state index in [1.54, 1.807) is 0 Å². The van der Waals surface area contributed by atoms with Gasteiger partial charge in [-0.1, -0.05) is 36.4 Å². The average molecular weight is 322 g/mol. The van der Waals surface area contributed by atoms with Crippen molar-refractivity contribution in [3.63, 3.8) is 0 Å². The second-order valence-electron chi connectivity index (χ2n) is 7.49. The summed E-state index contributed by atoms with van der Waals surface area (Å²) >= 11 is 0. The van der Waals surface area contributed by atoms with E-state index >= 15 is 0 Å². The zero-order chi connectivity index (χ0) is 16.4. The van der Waals surface area contributed by atoms with E-state index in [0.29, 0.717) is 11.8 Å². The van der Waals surface area contributed by atoms with Crippen molar-refractivity contribution in [2.24, 2.45) is 0 Å². The molecule has 0 amide bonds. The molecule has 0 unspecified atom stereocenters. The summed E-state index contributed by atoms with van der Waals surface area (Å²) in [5.41, 5.74) is 7.77. The molecule has 2 atom stereocenters. The van der Waals surface area contributed by atoms with Crippen LogP contribution in [0.2, 0.25) is 0 Å². The van der Waals surface area contributed by atoms with Crippen LogP contribution in [0, 0.1) is 0 Å². The van der Waals surface area contributed by atoms with Crippen LogP contribution < -0.4 is 0 Å². The van der Waals surface area contributed by atoms with Crippen molar-refractivity contribution in [1.82, 2.24) is 9.97 Å². The Bertz CT molecular complexity index is 1050. The molecule has 0 spiro atoms. The molecule has 0 radical (unpaired) electrons. The van der Waals surface area contributed by atoms with Crippen molar-refractivity contribution in [1.29, 1.82) is 0 Å². The molecule has 0 saturated carbocycles. The molecule has 0 fully saturated rings. The van der Waals surface area contributed by atoms with Gasteiger partial charge in [-0.05, 0) is 54.7 Å². The Kier molecular flexibility index (Phi) is 2.65. The minimum Gasteiger partial charge on any atom is -0.252 e. The van der Waals surface area contributed by atoms with E-state index in [2.05, 4.69) is 60.7 Å². The Hall–Kier alpha value is -2.74. The Labute approximate surface area is 146 Å². The van der Waals surface area contributed by atoms with E-state index in [0.717, 1.165) is 23.9 Å². The predicted molar refractivity (Wildman–Crippen MR) is 101 cm³/mol. The average Bonchev–Trinajstić information content (AvgIpc) is 2.65. The van der Waals surface area contributed by atoms with Gasteiger partial charge in [0.2, 0.25) is 0 Å². The van der Waals surface area contributed by atoms with Crippen molar-refractivity contribution in [2.75, 3.05) is 0 Å². The van der Waals surface area contributed by atoms with E-state index < -0.39 is 0 Å². The van der Waals surface area contributed by atoms with Gasteiger partial charge in [-0.25, -0.2) is 0 Å². The lowest BCUT2D eigenvalue weighted by atomic mass is 9.70. The summed E-state index contributed by atoms with van der Waals surface area (Å²) in [7, 11) is 0. The van der Waals surface area contributed by atoms with Crippen LogP contribution in [-0.2, 0) is 12.8 Å². The molecule has 4 aromatic rings. The van der Waals surface area contributed by atoms with Crippen LogP contribution in [-0.4, -0.2) is 9.97 Å². The fourth-order valence-corrected chi connectivity index (χ4v) is 4.84. The zero-order valence-electron chi connectivity index (χ0n) is 13.9. The van der Waals surface area contributed by atoms with E-state index in [4.69, 9.17) is 9.97 Å². The molecule has 120 valence electrons. The van der Waals surface area contributed by atoms with Gasteiger partial charge in [0.25, 0.3) is 0 Å². The Morgan fingerprint density at radius 1 is 0.640 bits per heavy atom. The molecule has 0 aliphatic heterocycles. The van der Waals surface area contributed by atoms with E-state index in [-0.39, 0.29) is 0 Å². The maximum Gasteiger partial charge on any atom is 0.0705 e. The molecular formula is C23H18N2. The van der Waals surface area contributed by atoms with E-state index in [1.165, 1.54) is 39.7 Å². The first kappa shape index (κ1) is 13.5. The summed E-state index contributed by atoms with van der Waals surface area (Å²) in [6, 6.07) is 21.7. The molecule has 25 heavy (non-hydrogen) atoms. The number of para-hydroxylation sites is 2. The number of fused-ring (bicyclic) bond motifs is 8. The summed E-state index contributed by atoms with van der Waals surface area (Å²) in [6.07, 6.45) is 3.33. The van der Waals surface area contributed by atoms with Gasteiger partial charge < -0.3 is 0 Å². The molecule has 2 aromatic carbocycles. The molecule has 2 nitrogen and oxygen atoms in total. The Balaban J connectivity index is 1.54. The molecule has 6 rings (SSSR count). The lowest BCUT2D eigenvalue weighted by Crippen LogP contribution is -2.27. The topological polar surface area (TPSA) is 25.8 Å². The summed E-state index contributed by atoms with van der Waals surface area (Å²) in [4.78, 5) is 10.1. The standard InChI is InChI=1S/C23H18N2/c1-3-7-20-14(5-1)9-16-11-18-13-19(22(16)24-20)12-17-10-15-6-2-4-8-21(15)25-23(17)18/h1-10,18-19H,11-13H2/t18-,19-/m0/s1. The number of rotatable bonds is 0. The fraction of sp³-hybridized carbons (Fsp3) is 0.217. The summed E-state index contributed by atoms with van der Waals surface area (Å²) in [6.45, 7) is 0. The van der Waals surface area contributed by atoms with Crippen molar-refractivity contribution >= 4 is 21.8 Å². The number of pyridine rings is 2. The van der Waals surface area contributed by atoms with E-state index in [9.17, 15) is 0 Å². The van der Waals surface area contributed by atoms with Crippen LogP contribution >= 0.6 is 0 Å². The van der Waals surface area contributed by atoms with Crippen molar-refractivity contribution < 1.29 is 0 Å². The maximum atomic E-state index is 5.05. The van der Waals surface area contributed by atoms with Gasteiger partial charge in [-0.2, -0.15) is 0 Å². The van der Waals surface area contributed by atoms with Gasteiger partial charge in [0.05, 0.1) is 11.0 Å².